The highest BCUT2D eigenvalue weighted by molar-refractivity contribution is 7.18. The fraction of sp³-hybridized carbons (Fsp3) is 0.200. The van der Waals surface area contributed by atoms with Gasteiger partial charge in [-0.2, -0.15) is 0 Å². The van der Waals surface area contributed by atoms with Gasteiger partial charge < -0.3 is 19.5 Å². The van der Waals surface area contributed by atoms with Gasteiger partial charge >= 0.3 is 18.0 Å². The molecule has 0 saturated heterocycles. The van der Waals surface area contributed by atoms with Crippen molar-refractivity contribution in [1.82, 2.24) is 0 Å². The van der Waals surface area contributed by atoms with E-state index in [9.17, 15) is 19.2 Å². The van der Waals surface area contributed by atoms with Crippen molar-refractivity contribution in [3.8, 4) is 10.4 Å². The molecule has 1 heterocycles. The molecule has 1 aromatic heterocycles. The van der Waals surface area contributed by atoms with Gasteiger partial charge in [-0.05, 0) is 30.7 Å². The molecule has 35 heavy (non-hydrogen) atoms. The van der Waals surface area contributed by atoms with Gasteiger partial charge in [-0.25, -0.2) is 14.4 Å². The van der Waals surface area contributed by atoms with Crippen LogP contribution in [0.25, 0.3) is 10.4 Å². The van der Waals surface area contributed by atoms with Crippen molar-refractivity contribution >= 4 is 46.7 Å². The predicted octanol–water partition coefficient (Wildman–Crippen LogP) is 4.59. The first kappa shape index (κ1) is 25.4. The van der Waals surface area contributed by atoms with Crippen LogP contribution in [-0.4, -0.2) is 51.3 Å². The number of methoxy groups -OCH3 is 1. The first-order valence-electron chi connectivity index (χ1n) is 10.6. The number of rotatable bonds is 8. The highest BCUT2D eigenvalue weighted by Gasteiger charge is 2.22. The van der Waals surface area contributed by atoms with E-state index >= 15 is 0 Å². The summed E-state index contributed by atoms with van der Waals surface area (Å²) in [4.78, 5) is 51.6. The summed E-state index contributed by atoms with van der Waals surface area (Å²) in [6.07, 6.45) is -0.666. The van der Waals surface area contributed by atoms with Crippen LogP contribution in [0.15, 0.2) is 60.7 Å². The maximum atomic E-state index is 12.6. The fourth-order valence-electron chi connectivity index (χ4n) is 3.15. The lowest BCUT2D eigenvalue weighted by atomic mass is 10.1. The average Bonchev–Trinajstić information content (AvgIpc) is 3.30. The van der Waals surface area contributed by atoms with E-state index in [2.05, 4.69) is 10.1 Å². The molecule has 3 rings (SSSR count). The number of carbonyl (C=O) groups is 4. The Morgan fingerprint density at radius 3 is 2.31 bits per heavy atom. The molecular formula is C25H24N2O7S. The number of ether oxygens (including phenoxy) is 3. The molecule has 0 saturated carbocycles. The van der Waals surface area contributed by atoms with Crippen LogP contribution in [0, 0.1) is 0 Å². The van der Waals surface area contributed by atoms with Crippen LogP contribution < -0.4 is 10.2 Å². The van der Waals surface area contributed by atoms with Crippen molar-refractivity contribution in [1.29, 1.82) is 0 Å². The highest BCUT2D eigenvalue weighted by atomic mass is 32.1. The molecule has 0 radical (unpaired) electrons. The van der Waals surface area contributed by atoms with Gasteiger partial charge in [0, 0.05) is 11.9 Å². The standard InChI is InChI=1S/C25H24N2O7S/c1-4-33-24(30)22-18(14-20(35-22)16-10-6-5-7-11-16)26-21(28)15-34-23(29)17-12-8-9-13-19(17)27(2)25(31)32-3/h5-14H,4,15H2,1-3H3,(H,26,28). The van der Waals surface area contributed by atoms with E-state index in [0.717, 1.165) is 15.3 Å². The summed E-state index contributed by atoms with van der Waals surface area (Å²) in [5.41, 5.74) is 1.49. The Morgan fingerprint density at radius 2 is 1.63 bits per heavy atom. The number of carbonyl (C=O) groups excluding carboxylic acids is 4. The van der Waals surface area contributed by atoms with Crippen molar-refractivity contribution in [2.24, 2.45) is 0 Å². The highest BCUT2D eigenvalue weighted by Crippen LogP contribution is 2.35. The van der Waals surface area contributed by atoms with Crippen LogP contribution in [0.3, 0.4) is 0 Å². The van der Waals surface area contributed by atoms with E-state index in [4.69, 9.17) is 9.47 Å². The van der Waals surface area contributed by atoms with Crippen LogP contribution >= 0.6 is 11.3 Å². The van der Waals surface area contributed by atoms with Gasteiger partial charge in [0.1, 0.15) is 4.88 Å². The van der Waals surface area contributed by atoms with Gasteiger partial charge in [0.05, 0.1) is 30.7 Å². The zero-order valence-corrected chi connectivity index (χ0v) is 20.2. The summed E-state index contributed by atoms with van der Waals surface area (Å²) in [6, 6.07) is 17.3. The number of esters is 2. The summed E-state index contributed by atoms with van der Waals surface area (Å²) in [5.74, 6) is -2.00. The number of nitrogens with one attached hydrogen (secondary N) is 1. The Hall–Kier alpha value is -4.18. The molecule has 0 aliphatic carbocycles. The summed E-state index contributed by atoms with van der Waals surface area (Å²) >= 11 is 1.19. The molecule has 0 fully saturated rings. The minimum absolute atomic E-state index is 0.0855. The average molecular weight is 497 g/mol. The summed E-state index contributed by atoms with van der Waals surface area (Å²) in [7, 11) is 2.67. The Balaban J connectivity index is 1.73. The van der Waals surface area contributed by atoms with Crippen LogP contribution in [0.5, 0.6) is 0 Å². The lowest BCUT2D eigenvalue weighted by Crippen LogP contribution is -2.28. The molecule has 2 aromatic carbocycles. The lowest BCUT2D eigenvalue weighted by Gasteiger charge is -2.18. The van der Waals surface area contributed by atoms with Crippen LogP contribution in [0.1, 0.15) is 27.0 Å². The van der Waals surface area contributed by atoms with Crippen molar-refractivity contribution in [3.63, 3.8) is 0 Å². The fourth-order valence-corrected chi connectivity index (χ4v) is 4.16. The third-order valence-electron chi connectivity index (χ3n) is 4.79. The van der Waals surface area contributed by atoms with Crippen LogP contribution in [0.2, 0.25) is 0 Å². The van der Waals surface area contributed by atoms with E-state index in [1.165, 1.54) is 31.6 Å². The van der Waals surface area contributed by atoms with Crippen molar-refractivity contribution in [3.05, 3.63) is 71.1 Å². The van der Waals surface area contributed by atoms with E-state index in [1.54, 1.807) is 31.2 Å². The predicted molar refractivity (Wildman–Crippen MR) is 132 cm³/mol. The number of amides is 2. The van der Waals surface area contributed by atoms with Crippen LogP contribution in [0.4, 0.5) is 16.2 Å². The Morgan fingerprint density at radius 1 is 0.943 bits per heavy atom. The first-order valence-corrected chi connectivity index (χ1v) is 11.4. The van der Waals surface area contributed by atoms with Gasteiger partial charge in [0.2, 0.25) is 0 Å². The second-order valence-electron chi connectivity index (χ2n) is 7.11. The monoisotopic (exact) mass is 496 g/mol. The third kappa shape index (κ3) is 6.24. The quantitative estimate of drug-likeness (QED) is 0.359. The third-order valence-corrected chi connectivity index (χ3v) is 5.96. The van der Waals surface area contributed by atoms with E-state index in [1.807, 2.05) is 30.3 Å². The van der Waals surface area contributed by atoms with E-state index < -0.39 is 30.5 Å². The molecule has 182 valence electrons. The van der Waals surface area contributed by atoms with Crippen LogP contribution in [-0.2, 0) is 19.0 Å². The summed E-state index contributed by atoms with van der Waals surface area (Å²) in [6.45, 7) is 1.27. The second kappa shape index (κ2) is 11.8. The molecule has 0 spiro atoms. The summed E-state index contributed by atoms with van der Waals surface area (Å²) < 4.78 is 15.0. The first-order chi connectivity index (χ1) is 16.8. The minimum Gasteiger partial charge on any atom is -0.462 e. The molecule has 0 aliphatic heterocycles. The minimum atomic E-state index is -0.799. The molecule has 1 N–H and O–H groups in total. The molecule has 10 heteroatoms. The van der Waals surface area contributed by atoms with Gasteiger partial charge in [0.15, 0.2) is 6.61 Å². The normalized spacial score (nSPS) is 10.3. The molecular weight excluding hydrogens is 472 g/mol. The smallest absolute Gasteiger partial charge is 0.413 e. The van der Waals surface area contributed by atoms with Gasteiger partial charge in [-0.15, -0.1) is 11.3 Å². The van der Waals surface area contributed by atoms with Crippen molar-refractivity contribution < 1.29 is 33.4 Å². The molecule has 0 aliphatic rings. The summed E-state index contributed by atoms with van der Waals surface area (Å²) in [5, 5.41) is 2.62. The number of anilines is 2. The number of hydrogen-bond acceptors (Lipinski definition) is 8. The number of benzene rings is 2. The van der Waals surface area contributed by atoms with Gasteiger partial charge in [-0.1, -0.05) is 42.5 Å². The molecule has 0 unspecified atom stereocenters. The maximum Gasteiger partial charge on any atom is 0.413 e. The van der Waals surface area contributed by atoms with E-state index in [-0.39, 0.29) is 28.4 Å². The number of thiophene rings is 1. The maximum absolute atomic E-state index is 12.6. The van der Waals surface area contributed by atoms with Crippen molar-refractivity contribution in [2.75, 3.05) is 37.6 Å². The zero-order chi connectivity index (χ0) is 25.4. The van der Waals surface area contributed by atoms with Gasteiger partial charge in [-0.3, -0.25) is 9.69 Å². The SMILES string of the molecule is CCOC(=O)c1sc(-c2ccccc2)cc1NC(=O)COC(=O)c1ccccc1N(C)C(=O)OC. The largest absolute Gasteiger partial charge is 0.462 e. The molecule has 3 aromatic rings. The Bertz CT molecular complexity index is 1220. The number of nitrogens with zero attached hydrogens (tertiary/aromatic N) is 1. The molecule has 2 amide bonds. The van der Waals surface area contributed by atoms with Crippen molar-refractivity contribution in [2.45, 2.75) is 6.92 Å². The lowest BCUT2D eigenvalue weighted by molar-refractivity contribution is -0.119. The van der Waals surface area contributed by atoms with E-state index in [0.29, 0.717) is 0 Å². The van der Waals surface area contributed by atoms with Gasteiger partial charge in [0.25, 0.3) is 5.91 Å². The number of para-hydroxylation sites is 1. The zero-order valence-electron chi connectivity index (χ0n) is 19.4. The number of hydrogen-bond donors (Lipinski definition) is 1. The topological polar surface area (TPSA) is 111 Å². The molecule has 0 atom stereocenters. The second-order valence-corrected chi connectivity index (χ2v) is 8.16. The molecule has 9 nitrogen and oxygen atoms in total. The molecule has 0 bridgehead atoms. The Labute approximate surface area is 206 Å². The Kier molecular flexibility index (Phi) is 8.58.